The van der Waals surface area contributed by atoms with Crippen LogP contribution in [0.5, 0.6) is 5.75 Å². The molecule has 1 aliphatic rings. The Morgan fingerprint density at radius 1 is 1.17 bits per heavy atom. The number of halogens is 2. The number of hydrogen-bond acceptors (Lipinski definition) is 5. The fraction of sp³-hybridized carbons (Fsp3) is 0.407. The van der Waals surface area contributed by atoms with Gasteiger partial charge in [0.05, 0.1) is 23.1 Å². The third kappa shape index (κ3) is 6.42. The Labute approximate surface area is 220 Å². The van der Waals surface area contributed by atoms with Crippen LogP contribution in [0.1, 0.15) is 31.2 Å². The van der Waals surface area contributed by atoms with Crippen LogP contribution in [0.15, 0.2) is 53.6 Å². The summed E-state index contributed by atoms with van der Waals surface area (Å²) in [7, 11) is 1.64. The fourth-order valence-electron chi connectivity index (χ4n) is 4.79. The zero-order valence-corrected chi connectivity index (χ0v) is 22.1. The van der Waals surface area contributed by atoms with Gasteiger partial charge < -0.3 is 14.7 Å². The van der Waals surface area contributed by atoms with E-state index in [4.69, 9.17) is 27.9 Å². The second-order valence-electron chi connectivity index (χ2n) is 9.05. The number of aryl methyl sites for hydroxylation is 1. The van der Waals surface area contributed by atoms with Crippen molar-refractivity contribution in [3.8, 4) is 5.75 Å². The average Bonchev–Trinajstić information content (AvgIpc) is 2.87. The lowest BCUT2D eigenvalue weighted by molar-refractivity contribution is -0.152. The highest BCUT2D eigenvalue weighted by molar-refractivity contribution is 7.99. The highest BCUT2D eigenvalue weighted by Gasteiger charge is 2.40. The van der Waals surface area contributed by atoms with E-state index in [-0.39, 0.29) is 0 Å². The first kappa shape index (κ1) is 26.1. The summed E-state index contributed by atoms with van der Waals surface area (Å²) in [6.07, 6.45) is 5.13. The van der Waals surface area contributed by atoms with Crippen LogP contribution < -0.4 is 4.74 Å². The first-order valence-corrected chi connectivity index (χ1v) is 13.6. The van der Waals surface area contributed by atoms with Crippen molar-refractivity contribution >= 4 is 51.8 Å². The van der Waals surface area contributed by atoms with Gasteiger partial charge in [-0.25, -0.2) is 0 Å². The summed E-state index contributed by atoms with van der Waals surface area (Å²) < 4.78 is 5.37. The van der Waals surface area contributed by atoms with Crippen LogP contribution in [-0.2, 0) is 11.2 Å². The van der Waals surface area contributed by atoms with E-state index in [1.165, 1.54) is 4.90 Å². The van der Waals surface area contributed by atoms with Gasteiger partial charge in [-0.1, -0.05) is 23.2 Å². The van der Waals surface area contributed by atoms with Crippen molar-refractivity contribution in [3.63, 3.8) is 0 Å². The van der Waals surface area contributed by atoms with Gasteiger partial charge in [-0.15, -0.1) is 11.8 Å². The van der Waals surface area contributed by atoms with Crippen molar-refractivity contribution in [3.05, 3.63) is 64.3 Å². The lowest BCUT2D eigenvalue weighted by Crippen LogP contribution is -2.45. The number of benzene rings is 2. The van der Waals surface area contributed by atoms with Crippen molar-refractivity contribution in [2.45, 2.75) is 37.0 Å². The number of nitrogens with zero attached hydrogens (tertiary/aromatic N) is 2. The SMILES string of the molecule is COc1ccc2ncc(Cl)c(CCCC3(C(=O)O)CCN(CCSc4ccc(Cl)cc4)CC3)c2c1. The van der Waals surface area contributed by atoms with Crippen LogP contribution in [0.3, 0.4) is 0 Å². The first-order chi connectivity index (χ1) is 16.9. The molecule has 1 N–H and O–H groups in total. The molecule has 3 aromatic rings. The molecule has 1 saturated heterocycles. The minimum atomic E-state index is -0.681. The van der Waals surface area contributed by atoms with Gasteiger partial charge in [-0.05, 0) is 93.2 Å². The predicted octanol–water partition coefficient (Wildman–Crippen LogP) is 6.83. The molecule has 4 rings (SSSR count). The maximum atomic E-state index is 12.3. The second kappa shape index (κ2) is 11.8. The minimum Gasteiger partial charge on any atom is -0.497 e. The number of pyridine rings is 1. The van der Waals surface area contributed by atoms with E-state index in [1.807, 2.05) is 42.5 Å². The van der Waals surface area contributed by atoms with Gasteiger partial charge in [0.2, 0.25) is 0 Å². The van der Waals surface area contributed by atoms with Gasteiger partial charge in [0.1, 0.15) is 5.75 Å². The van der Waals surface area contributed by atoms with Crippen molar-refractivity contribution < 1.29 is 14.6 Å². The molecule has 5 nitrogen and oxygen atoms in total. The van der Waals surface area contributed by atoms with Crippen molar-refractivity contribution in [2.75, 3.05) is 32.5 Å². The minimum absolute atomic E-state index is 0.614. The number of rotatable bonds is 10. The molecule has 1 fully saturated rings. The summed E-state index contributed by atoms with van der Waals surface area (Å²) in [5.41, 5.74) is 1.20. The molecule has 1 aromatic heterocycles. The summed E-state index contributed by atoms with van der Waals surface area (Å²) in [5, 5.41) is 12.5. The molecule has 1 aliphatic heterocycles. The number of carbonyl (C=O) groups is 1. The van der Waals surface area contributed by atoms with E-state index in [2.05, 4.69) is 9.88 Å². The highest BCUT2D eigenvalue weighted by atomic mass is 35.5. The van der Waals surface area contributed by atoms with Gasteiger partial charge in [0.25, 0.3) is 0 Å². The number of ether oxygens (including phenoxy) is 1. The van der Waals surface area contributed by atoms with Crippen LogP contribution in [-0.4, -0.2) is 53.5 Å². The summed E-state index contributed by atoms with van der Waals surface area (Å²) in [6, 6.07) is 13.6. The molecule has 0 radical (unpaired) electrons. The van der Waals surface area contributed by atoms with Crippen molar-refractivity contribution in [2.24, 2.45) is 5.41 Å². The number of hydrogen-bond donors (Lipinski definition) is 1. The standard InChI is InChI=1S/C27H30Cl2N2O3S/c1-34-20-6-9-25-23(17-20)22(24(29)18-30-25)3-2-10-27(26(32)33)11-13-31(14-12-27)15-16-35-21-7-4-19(28)5-8-21/h4-9,17-18H,2-3,10-16H2,1H3,(H,32,33). The molecule has 186 valence electrons. The first-order valence-electron chi connectivity index (χ1n) is 11.9. The quantitative estimate of drug-likeness (QED) is 0.288. The van der Waals surface area contributed by atoms with Crippen LogP contribution in [0.2, 0.25) is 10.0 Å². The summed E-state index contributed by atoms with van der Waals surface area (Å²) in [5.74, 6) is 1.05. The normalized spacial score (nSPS) is 15.9. The van der Waals surface area contributed by atoms with Crippen LogP contribution in [0.4, 0.5) is 0 Å². The summed E-state index contributed by atoms with van der Waals surface area (Å²) >= 11 is 14.3. The van der Waals surface area contributed by atoms with E-state index >= 15 is 0 Å². The number of likely N-dealkylation sites (tertiary alicyclic amines) is 1. The van der Waals surface area contributed by atoms with E-state index in [0.717, 1.165) is 59.0 Å². The molecule has 35 heavy (non-hydrogen) atoms. The molecule has 0 spiro atoms. The maximum Gasteiger partial charge on any atom is 0.309 e. The molecule has 0 atom stereocenters. The zero-order valence-electron chi connectivity index (χ0n) is 19.8. The third-order valence-electron chi connectivity index (χ3n) is 6.97. The maximum absolute atomic E-state index is 12.3. The molecule has 0 unspecified atom stereocenters. The summed E-state index contributed by atoms with van der Waals surface area (Å²) in [6.45, 7) is 2.57. The van der Waals surface area contributed by atoms with Crippen molar-refractivity contribution in [1.29, 1.82) is 0 Å². The molecule has 0 bridgehead atoms. The Kier molecular flexibility index (Phi) is 8.82. The Hall–Kier alpha value is -1.99. The topological polar surface area (TPSA) is 62.7 Å². The van der Waals surface area contributed by atoms with E-state index in [1.54, 1.807) is 25.1 Å². The molecule has 8 heteroatoms. The monoisotopic (exact) mass is 532 g/mol. The van der Waals surface area contributed by atoms with E-state index < -0.39 is 11.4 Å². The Morgan fingerprint density at radius 3 is 2.60 bits per heavy atom. The number of carboxylic acids is 1. The number of aromatic nitrogens is 1. The number of carboxylic acid groups (broad SMARTS) is 1. The van der Waals surface area contributed by atoms with E-state index in [0.29, 0.717) is 30.7 Å². The van der Waals surface area contributed by atoms with Gasteiger partial charge in [0, 0.05) is 33.8 Å². The lowest BCUT2D eigenvalue weighted by Gasteiger charge is -2.39. The highest BCUT2D eigenvalue weighted by Crippen LogP contribution is 2.38. The van der Waals surface area contributed by atoms with Gasteiger partial charge >= 0.3 is 5.97 Å². The predicted molar refractivity (Wildman–Crippen MR) is 144 cm³/mol. The smallest absolute Gasteiger partial charge is 0.309 e. The number of thioether (sulfide) groups is 1. The molecule has 2 heterocycles. The molecular weight excluding hydrogens is 503 g/mol. The molecular formula is C27H30Cl2N2O3S. The molecule has 0 amide bonds. The average molecular weight is 534 g/mol. The lowest BCUT2D eigenvalue weighted by atomic mass is 9.74. The molecule has 2 aromatic carbocycles. The largest absolute Gasteiger partial charge is 0.497 e. The summed E-state index contributed by atoms with van der Waals surface area (Å²) in [4.78, 5) is 20.3. The van der Waals surface area contributed by atoms with Crippen LogP contribution >= 0.6 is 35.0 Å². The van der Waals surface area contributed by atoms with Crippen LogP contribution in [0, 0.1) is 5.41 Å². The molecule has 0 aliphatic carbocycles. The van der Waals surface area contributed by atoms with Crippen LogP contribution in [0.25, 0.3) is 10.9 Å². The number of piperidine rings is 1. The van der Waals surface area contributed by atoms with Gasteiger partial charge in [-0.3, -0.25) is 9.78 Å². The molecule has 0 saturated carbocycles. The number of aliphatic carboxylic acids is 1. The van der Waals surface area contributed by atoms with Gasteiger partial charge in [0.15, 0.2) is 0 Å². The Balaban J connectivity index is 1.32. The Morgan fingerprint density at radius 2 is 1.91 bits per heavy atom. The fourth-order valence-corrected chi connectivity index (χ4v) is 6.07. The number of methoxy groups -OCH3 is 1. The van der Waals surface area contributed by atoms with Gasteiger partial charge in [-0.2, -0.15) is 0 Å². The van der Waals surface area contributed by atoms with Crippen molar-refractivity contribution in [1.82, 2.24) is 9.88 Å². The zero-order chi connectivity index (χ0) is 24.8. The number of fused-ring (bicyclic) bond motifs is 1. The second-order valence-corrected chi connectivity index (χ2v) is 11.1. The third-order valence-corrected chi connectivity index (χ3v) is 8.54. The Bertz CT molecular complexity index is 1170. The van der Waals surface area contributed by atoms with E-state index in [9.17, 15) is 9.90 Å².